The molecule has 0 aliphatic carbocycles. The van der Waals surface area contributed by atoms with Gasteiger partial charge in [0.1, 0.15) is 4.83 Å². The van der Waals surface area contributed by atoms with Crippen LogP contribution in [0, 0.1) is 6.92 Å². The number of aromatic nitrogens is 2. The Kier molecular flexibility index (Phi) is 2.65. The van der Waals surface area contributed by atoms with E-state index in [4.69, 9.17) is 0 Å². The van der Waals surface area contributed by atoms with Crippen molar-refractivity contribution >= 4 is 16.2 Å². The highest BCUT2D eigenvalue weighted by molar-refractivity contribution is 7.15. The molecular weight excluding hydrogens is 156 g/mol. The van der Waals surface area contributed by atoms with Gasteiger partial charge in [-0.15, -0.1) is 11.3 Å². The summed E-state index contributed by atoms with van der Waals surface area (Å²) in [6, 6.07) is 0. The van der Waals surface area contributed by atoms with Crippen LogP contribution in [0.3, 0.4) is 0 Å². The van der Waals surface area contributed by atoms with Crippen LogP contribution < -0.4 is 0 Å². The third-order valence-electron chi connectivity index (χ3n) is 1.30. The average Bonchev–Trinajstić information content (AvgIpc) is 2.60. The largest absolute Gasteiger partial charge is 0.230 e. The van der Waals surface area contributed by atoms with Crippen LogP contribution in [0.5, 0.6) is 0 Å². The second kappa shape index (κ2) is 3.53. The van der Waals surface area contributed by atoms with Gasteiger partial charge in [-0.3, -0.25) is 0 Å². The molecule has 0 saturated carbocycles. The van der Waals surface area contributed by atoms with Gasteiger partial charge in [0, 0.05) is 17.1 Å². The fourth-order valence-corrected chi connectivity index (χ4v) is 1.60. The highest BCUT2D eigenvalue weighted by Gasteiger charge is 1.96. The molecule has 0 N–H and O–H groups in total. The molecule has 2 aromatic rings. The van der Waals surface area contributed by atoms with Crippen molar-refractivity contribution in [3.8, 4) is 0 Å². The monoisotopic (exact) mass is 168 g/mol. The van der Waals surface area contributed by atoms with E-state index in [1.54, 1.807) is 11.3 Å². The summed E-state index contributed by atoms with van der Waals surface area (Å²) in [5.41, 5.74) is 1.25. The first-order chi connectivity index (χ1) is 5.38. The Morgan fingerprint density at radius 3 is 2.82 bits per heavy atom. The van der Waals surface area contributed by atoms with Crippen molar-refractivity contribution in [2.75, 3.05) is 0 Å². The maximum Gasteiger partial charge on any atom is 0.122 e. The third-order valence-corrected chi connectivity index (χ3v) is 2.29. The molecule has 0 aliphatic rings. The number of hydrogen-bond donors (Lipinski definition) is 0. The summed E-state index contributed by atoms with van der Waals surface area (Å²) in [6.45, 7) is 6.07. The van der Waals surface area contributed by atoms with Crippen LogP contribution in [0.1, 0.15) is 19.4 Å². The Morgan fingerprint density at radius 1 is 1.45 bits per heavy atom. The van der Waals surface area contributed by atoms with Crippen molar-refractivity contribution < 1.29 is 0 Å². The lowest BCUT2D eigenvalue weighted by Gasteiger charge is -1.76. The fourth-order valence-electron chi connectivity index (χ4n) is 0.843. The van der Waals surface area contributed by atoms with Crippen molar-refractivity contribution in [1.82, 2.24) is 9.61 Å². The molecule has 0 amide bonds. The van der Waals surface area contributed by atoms with Crippen molar-refractivity contribution in [1.29, 1.82) is 0 Å². The minimum Gasteiger partial charge on any atom is -0.230 e. The molecule has 0 bridgehead atoms. The smallest absolute Gasteiger partial charge is 0.122 e. The molecule has 2 aromatic heterocycles. The van der Waals surface area contributed by atoms with E-state index in [1.807, 2.05) is 36.1 Å². The van der Waals surface area contributed by atoms with Gasteiger partial charge in [-0.25, -0.2) is 4.52 Å². The Bertz CT molecular complexity index is 321. The summed E-state index contributed by atoms with van der Waals surface area (Å²) in [6.07, 6.45) is 3.85. The molecule has 0 radical (unpaired) electrons. The number of fused-ring (bicyclic) bond motifs is 1. The summed E-state index contributed by atoms with van der Waals surface area (Å²) in [5.74, 6) is 0. The summed E-state index contributed by atoms with van der Waals surface area (Å²) in [5, 5.41) is 6.14. The predicted molar refractivity (Wildman–Crippen MR) is 49.2 cm³/mol. The van der Waals surface area contributed by atoms with E-state index >= 15 is 0 Å². The van der Waals surface area contributed by atoms with E-state index in [0.29, 0.717) is 0 Å². The number of rotatable bonds is 0. The molecule has 3 heteroatoms. The number of thiazole rings is 1. The number of hydrogen-bond acceptors (Lipinski definition) is 2. The summed E-state index contributed by atoms with van der Waals surface area (Å²) >= 11 is 1.72. The zero-order chi connectivity index (χ0) is 8.27. The van der Waals surface area contributed by atoms with Crippen LogP contribution in [-0.4, -0.2) is 9.61 Å². The normalized spacial score (nSPS) is 9.36. The van der Waals surface area contributed by atoms with E-state index in [9.17, 15) is 0 Å². The average molecular weight is 168 g/mol. The maximum absolute atomic E-state index is 4.11. The minimum absolute atomic E-state index is 1.25. The topological polar surface area (TPSA) is 17.3 Å². The maximum atomic E-state index is 4.11. The fraction of sp³-hybridized carbons (Fsp3) is 0.375. The molecule has 2 heterocycles. The lowest BCUT2D eigenvalue weighted by molar-refractivity contribution is 0.977. The number of aryl methyl sites for hydroxylation is 1. The van der Waals surface area contributed by atoms with Gasteiger partial charge in [0.25, 0.3) is 0 Å². The highest BCUT2D eigenvalue weighted by atomic mass is 32.1. The van der Waals surface area contributed by atoms with Crippen molar-refractivity contribution in [3.63, 3.8) is 0 Å². The van der Waals surface area contributed by atoms with E-state index in [2.05, 4.69) is 12.0 Å². The van der Waals surface area contributed by atoms with E-state index in [1.165, 1.54) is 10.4 Å². The first-order valence-corrected chi connectivity index (χ1v) is 4.63. The van der Waals surface area contributed by atoms with Gasteiger partial charge >= 0.3 is 0 Å². The standard InChI is InChI=1S/C6H6N2S.C2H6/c1-5-4-7-8-2-3-9-6(5)8;1-2/h2-4H,1H3;1-2H3. The first-order valence-electron chi connectivity index (χ1n) is 3.75. The van der Waals surface area contributed by atoms with Crippen molar-refractivity contribution in [2.45, 2.75) is 20.8 Å². The van der Waals surface area contributed by atoms with Gasteiger partial charge in [0.2, 0.25) is 0 Å². The lowest BCUT2D eigenvalue weighted by atomic mass is 10.4. The van der Waals surface area contributed by atoms with Crippen molar-refractivity contribution in [3.05, 3.63) is 23.3 Å². The zero-order valence-electron chi connectivity index (χ0n) is 7.03. The molecule has 2 rings (SSSR count). The molecular formula is C8H12N2S. The van der Waals surface area contributed by atoms with Gasteiger partial charge < -0.3 is 0 Å². The third kappa shape index (κ3) is 1.43. The number of nitrogens with zero attached hydrogens (tertiary/aromatic N) is 2. The molecule has 0 saturated heterocycles. The highest BCUT2D eigenvalue weighted by Crippen LogP contribution is 2.14. The summed E-state index contributed by atoms with van der Waals surface area (Å²) < 4.78 is 1.89. The summed E-state index contributed by atoms with van der Waals surface area (Å²) in [7, 11) is 0. The molecule has 0 aliphatic heterocycles. The van der Waals surface area contributed by atoms with Gasteiger partial charge in [0.05, 0.1) is 6.20 Å². The Balaban J connectivity index is 0.000000281. The Morgan fingerprint density at radius 2 is 2.18 bits per heavy atom. The summed E-state index contributed by atoms with van der Waals surface area (Å²) in [4.78, 5) is 1.25. The van der Waals surface area contributed by atoms with Crippen LogP contribution in [-0.2, 0) is 0 Å². The van der Waals surface area contributed by atoms with Gasteiger partial charge in [-0.05, 0) is 6.92 Å². The Hall–Kier alpha value is -0.830. The molecule has 0 atom stereocenters. The van der Waals surface area contributed by atoms with E-state index in [-0.39, 0.29) is 0 Å². The molecule has 0 fully saturated rings. The Labute approximate surface area is 70.5 Å². The second-order valence-corrected chi connectivity index (χ2v) is 2.87. The zero-order valence-corrected chi connectivity index (χ0v) is 7.85. The SMILES string of the molecule is CC.Cc1cnn2ccsc12. The minimum atomic E-state index is 1.25. The van der Waals surface area contributed by atoms with Crippen LogP contribution in [0.4, 0.5) is 0 Å². The van der Waals surface area contributed by atoms with Crippen molar-refractivity contribution in [2.24, 2.45) is 0 Å². The molecule has 0 unspecified atom stereocenters. The van der Waals surface area contributed by atoms with Gasteiger partial charge in [-0.2, -0.15) is 5.10 Å². The van der Waals surface area contributed by atoms with E-state index < -0.39 is 0 Å². The van der Waals surface area contributed by atoms with Crippen LogP contribution >= 0.6 is 11.3 Å². The predicted octanol–water partition coefficient (Wildman–Crippen LogP) is 2.73. The lowest BCUT2D eigenvalue weighted by Crippen LogP contribution is -1.74. The van der Waals surface area contributed by atoms with Crippen LogP contribution in [0.2, 0.25) is 0 Å². The van der Waals surface area contributed by atoms with Crippen LogP contribution in [0.15, 0.2) is 17.8 Å². The first kappa shape index (κ1) is 8.27. The molecule has 2 nitrogen and oxygen atoms in total. The van der Waals surface area contributed by atoms with Gasteiger partial charge in [0.15, 0.2) is 0 Å². The van der Waals surface area contributed by atoms with E-state index in [0.717, 1.165) is 0 Å². The molecule has 11 heavy (non-hydrogen) atoms. The second-order valence-electron chi connectivity index (χ2n) is 1.98. The quantitative estimate of drug-likeness (QED) is 0.591. The molecule has 0 aromatic carbocycles. The molecule has 0 spiro atoms. The van der Waals surface area contributed by atoms with Crippen LogP contribution in [0.25, 0.3) is 4.83 Å². The van der Waals surface area contributed by atoms with Gasteiger partial charge in [-0.1, -0.05) is 13.8 Å². The molecule has 60 valence electrons.